The smallest absolute Gasteiger partial charge is 0.0261 e. The third kappa shape index (κ3) is 0.666. The van der Waals surface area contributed by atoms with Crippen LogP contribution < -0.4 is 0 Å². The van der Waals surface area contributed by atoms with Crippen LogP contribution in [-0.4, -0.2) is 0 Å². The second-order valence-corrected chi connectivity index (χ2v) is 5.50. The van der Waals surface area contributed by atoms with Crippen molar-refractivity contribution in [3.8, 4) is 0 Å². The Hall–Kier alpha value is 0. The molecule has 5 atom stereocenters. The van der Waals surface area contributed by atoms with E-state index in [1.807, 2.05) is 0 Å². The van der Waals surface area contributed by atoms with Crippen LogP contribution in [0, 0.1) is 29.1 Å². The van der Waals surface area contributed by atoms with Crippen molar-refractivity contribution < 1.29 is 0 Å². The second kappa shape index (κ2) is 1.67. The van der Waals surface area contributed by atoms with Crippen LogP contribution in [0.4, 0.5) is 0 Å². The Morgan fingerprint density at radius 3 is 2.73 bits per heavy atom. The Balaban J connectivity index is 1.91. The van der Waals surface area contributed by atoms with E-state index in [0.29, 0.717) is 0 Å². The topological polar surface area (TPSA) is 0 Å². The van der Waals surface area contributed by atoms with E-state index in [9.17, 15) is 0 Å². The molecule has 0 aromatic carbocycles. The summed E-state index contributed by atoms with van der Waals surface area (Å²) in [5.74, 6) is 4.37. The SMILES string of the molecule is CC1CC23CC(CC2C3)C1C. The van der Waals surface area contributed by atoms with Gasteiger partial charge in [-0.25, -0.2) is 0 Å². The molecule has 3 rings (SSSR count). The van der Waals surface area contributed by atoms with Gasteiger partial charge in [-0.2, -0.15) is 0 Å². The molecule has 5 unspecified atom stereocenters. The van der Waals surface area contributed by atoms with Gasteiger partial charge in [0.2, 0.25) is 0 Å². The first-order chi connectivity index (χ1) is 5.21. The van der Waals surface area contributed by atoms with Crippen LogP contribution in [-0.2, 0) is 0 Å². The average molecular weight is 150 g/mol. The molecule has 0 aromatic heterocycles. The largest absolute Gasteiger partial charge is 0.0622 e. The fourth-order valence-electron chi connectivity index (χ4n) is 4.01. The van der Waals surface area contributed by atoms with Crippen LogP contribution in [0.5, 0.6) is 0 Å². The summed E-state index contributed by atoms with van der Waals surface area (Å²) in [5.41, 5.74) is 0.913. The van der Waals surface area contributed by atoms with Crippen LogP contribution in [0.15, 0.2) is 0 Å². The van der Waals surface area contributed by atoms with Gasteiger partial charge in [0.25, 0.3) is 0 Å². The minimum Gasteiger partial charge on any atom is -0.0622 e. The molecule has 0 aromatic rings. The molecule has 62 valence electrons. The Morgan fingerprint density at radius 1 is 1.09 bits per heavy atom. The predicted octanol–water partition coefficient (Wildman–Crippen LogP) is 3.08. The van der Waals surface area contributed by atoms with Gasteiger partial charge in [0, 0.05) is 0 Å². The van der Waals surface area contributed by atoms with Crippen LogP contribution in [0.1, 0.15) is 39.5 Å². The molecule has 1 spiro atoms. The Kier molecular flexibility index (Phi) is 0.990. The average Bonchev–Trinajstić information content (AvgIpc) is 2.50. The lowest BCUT2D eigenvalue weighted by Crippen LogP contribution is -2.26. The number of hydrogen-bond acceptors (Lipinski definition) is 0. The van der Waals surface area contributed by atoms with Crippen molar-refractivity contribution in [3.05, 3.63) is 0 Å². The van der Waals surface area contributed by atoms with E-state index >= 15 is 0 Å². The lowest BCUT2D eigenvalue weighted by atomic mass is 9.70. The summed E-state index contributed by atoms with van der Waals surface area (Å²) < 4.78 is 0. The van der Waals surface area contributed by atoms with Crippen molar-refractivity contribution in [2.24, 2.45) is 29.1 Å². The minimum absolute atomic E-state index is 0.913. The molecule has 0 amide bonds. The van der Waals surface area contributed by atoms with E-state index in [2.05, 4.69) is 13.8 Å². The van der Waals surface area contributed by atoms with Gasteiger partial charge < -0.3 is 0 Å². The summed E-state index contributed by atoms with van der Waals surface area (Å²) in [6.45, 7) is 4.95. The summed E-state index contributed by atoms with van der Waals surface area (Å²) in [6, 6.07) is 0. The first-order valence-electron chi connectivity index (χ1n) is 5.21. The highest BCUT2D eigenvalue weighted by Crippen LogP contribution is 2.72. The molecule has 2 bridgehead atoms. The molecule has 3 fully saturated rings. The van der Waals surface area contributed by atoms with E-state index in [4.69, 9.17) is 0 Å². The molecule has 0 heterocycles. The molecule has 0 nitrogen and oxygen atoms in total. The highest BCUT2D eigenvalue weighted by Gasteiger charge is 2.63. The molecule has 0 saturated heterocycles. The van der Waals surface area contributed by atoms with Crippen LogP contribution in [0.3, 0.4) is 0 Å². The molecule has 11 heavy (non-hydrogen) atoms. The Morgan fingerprint density at radius 2 is 1.91 bits per heavy atom. The monoisotopic (exact) mass is 150 g/mol. The Labute approximate surface area is 69.4 Å². The highest BCUT2D eigenvalue weighted by atomic mass is 14.7. The van der Waals surface area contributed by atoms with E-state index in [1.165, 1.54) is 5.92 Å². The summed E-state index contributed by atoms with van der Waals surface area (Å²) in [6.07, 6.45) is 6.35. The lowest BCUT2D eigenvalue weighted by molar-refractivity contribution is 0.150. The molecule has 3 aliphatic carbocycles. The maximum atomic E-state index is 2.48. The van der Waals surface area contributed by atoms with Gasteiger partial charge in [0.1, 0.15) is 0 Å². The highest BCUT2D eigenvalue weighted by molar-refractivity contribution is 5.13. The first-order valence-corrected chi connectivity index (χ1v) is 5.21. The van der Waals surface area contributed by atoms with Crippen molar-refractivity contribution in [1.82, 2.24) is 0 Å². The Bertz CT molecular complexity index is 196. The molecule has 3 saturated carbocycles. The number of hydrogen-bond donors (Lipinski definition) is 0. The molecular weight excluding hydrogens is 132 g/mol. The number of rotatable bonds is 0. The minimum atomic E-state index is 0.913. The van der Waals surface area contributed by atoms with E-state index in [-0.39, 0.29) is 0 Å². The maximum absolute atomic E-state index is 2.48. The lowest BCUT2D eigenvalue weighted by Gasteiger charge is -2.35. The van der Waals surface area contributed by atoms with Crippen LogP contribution in [0.25, 0.3) is 0 Å². The summed E-state index contributed by atoms with van der Waals surface area (Å²) in [4.78, 5) is 0. The van der Waals surface area contributed by atoms with Crippen molar-refractivity contribution >= 4 is 0 Å². The number of fused-ring (bicyclic) bond motifs is 1. The van der Waals surface area contributed by atoms with Gasteiger partial charge in [-0.3, -0.25) is 0 Å². The van der Waals surface area contributed by atoms with E-state index in [1.54, 1.807) is 25.7 Å². The predicted molar refractivity (Wildman–Crippen MR) is 46.2 cm³/mol. The van der Waals surface area contributed by atoms with Gasteiger partial charge >= 0.3 is 0 Å². The van der Waals surface area contributed by atoms with Gasteiger partial charge in [-0.1, -0.05) is 13.8 Å². The zero-order chi connectivity index (χ0) is 7.64. The fraction of sp³-hybridized carbons (Fsp3) is 1.00. The third-order valence-electron chi connectivity index (χ3n) is 4.98. The molecule has 0 aliphatic heterocycles. The fourth-order valence-corrected chi connectivity index (χ4v) is 4.01. The first kappa shape index (κ1) is 6.51. The summed E-state index contributed by atoms with van der Waals surface area (Å²) in [7, 11) is 0. The van der Waals surface area contributed by atoms with Crippen LogP contribution >= 0.6 is 0 Å². The molecule has 0 heteroatoms. The molecule has 3 aliphatic rings. The molecule has 0 radical (unpaired) electrons. The molecule has 0 N–H and O–H groups in total. The quantitative estimate of drug-likeness (QED) is 0.498. The summed E-state index contributed by atoms with van der Waals surface area (Å²) >= 11 is 0. The van der Waals surface area contributed by atoms with Crippen molar-refractivity contribution in [3.63, 3.8) is 0 Å². The standard InChI is InChI=1S/C11H18/c1-7-4-11-5-9(8(7)2)3-10(11)6-11/h7-10H,3-6H2,1-2H3. The zero-order valence-electron chi connectivity index (χ0n) is 7.64. The van der Waals surface area contributed by atoms with Crippen molar-refractivity contribution in [1.29, 1.82) is 0 Å². The van der Waals surface area contributed by atoms with Crippen molar-refractivity contribution in [2.45, 2.75) is 39.5 Å². The third-order valence-corrected chi connectivity index (χ3v) is 4.98. The van der Waals surface area contributed by atoms with E-state index in [0.717, 1.165) is 23.2 Å². The van der Waals surface area contributed by atoms with Crippen LogP contribution in [0.2, 0.25) is 0 Å². The molecular formula is C11H18. The second-order valence-electron chi connectivity index (χ2n) is 5.50. The van der Waals surface area contributed by atoms with Gasteiger partial charge in [0.15, 0.2) is 0 Å². The summed E-state index contributed by atoms with van der Waals surface area (Å²) in [5, 5.41) is 0. The van der Waals surface area contributed by atoms with Crippen molar-refractivity contribution in [2.75, 3.05) is 0 Å². The maximum Gasteiger partial charge on any atom is -0.0261 e. The normalized spacial score (nSPS) is 66.0. The zero-order valence-corrected chi connectivity index (χ0v) is 7.64. The van der Waals surface area contributed by atoms with Gasteiger partial charge in [-0.05, 0) is 54.8 Å². The van der Waals surface area contributed by atoms with Gasteiger partial charge in [-0.15, -0.1) is 0 Å². The van der Waals surface area contributed by atoms with E-state index < -0.39 is 0 Å². The van der Waals surface area contributed by atoms with Gasteiger partial charge in [0.05, 0.1) is 0 Å².